The molecular formula is C23H25N5O2. The zero-order chi connectivity index (χ0) is 21.1. The Bertz CT molecular complexity index is 1230. The molecule has 7 heteroatoms. The van der Waals surface area contributed by atoms with Gasteiger partial charge in [-0.05, 0) is 37.1 Å². The largest absolute Gasteiger partial charge is 0.493 e. The maximum absolute atomic E-state index is 13.5. The normalized spacial score (nSPS) is 11.2. The van der Waals surface area contributed by atoms with E-state index in [1.807, 2.05) is 42.5 Å². The molecule has 0 N–H and O–H groups in total. The summed E-state index contributed by atoms with van der Waals surface area (Å²) in [7, 11) is 1.73. The Balaban J connectivity index is 1.99. The monoisotopic (exact) mass is 403 g/mol. The summed E-state index contributed by atoms with van der Waals surface area (Å²) >= 11 is 0. The van der Waals surface area contributed by atoms with E-state index in [4.69, 9.17) is 14.8 Å². The summed E-state index contributed by atoms with van der Waals surface area (Å²) in [4.78, 5) is 22.7. The SMILES string of the molecule is CCCOc1ccccc1-c1nc2c(CCC)nn(-c3ccccn3)c2c(=O)n1C. The van der Waals surface area contributed by atoms with E-state index in [1.54, 1.807) is 22.5 Å². The first-order valence-corrected chi connectivity index (χ1v) is 10.3. The van der Waals surface area contributed by atoms with Crippen LogP contribution in [0.2, 0.25) is 0 Å². The van der Waals surface area contributed by atoms with Gasteiger partial charge < -0.3 is 4.74 Å². The van der Waals surface area contributed by atoms with Crippen LogP contribution in [-0.2, 0) is 13.5 Å². The molecule has 0 amide bonds. The summed E-state index contributed by atoms with van der Waals surface area (Å²) in [5.41, 5.74) is 2.48. The molecule has 0 fully saturated rings. The maximum Gasteiger partial charge on any atom is 0.280 e. The van der Waals surface area contributed by atoms with E-state index in [1.165, 1.54) is 0 Å². The Morgan fingerprint density at radius 2 is 1.83 bits per heavy atom. The van der Waals surface area contributed by atoms with Crippen LogP contribution >= 0.6 is 0 Å². The maximum atomic E-state index is 13.5. The van der Waals surface area contributed by atoms with Crippen molar-refractivity contribution in [2.75, 3.05) is 6.61 Å². The molecule has 7 nitrogen and oxygen atoms in total. The molecular weight excluding hydrogens is 378 g/mol. The Morgan fingerprint density at radius 1 is 1.03 bits per heavy atom. The number of nitrogens with zero attached hydrogens (tertiary/aromatic N) is 5. The van der Waals surface area contributed by atoms with E-state index in [-0.39, 0.29) is 5.56 Å². The predicted octanol–water partition coefficient (Wildman–Crippen LogP) is 3.92. The van der Waals surface area contributed by atoms with E-state index in [9.17, 15) is 4.79 Å². The van der Waals surface area contributed by atoms with Crippen molar-refractivity contribution in [3.63, 3.8) is 0 Å². The molecule has 0 saturated heterocycles. The molecule has 4 rings (SSSR count). The summed E-state index contributed by atoms with van der Waals surface area (Å²) in [6.45, 7) is 4.75. The number of pyridine rings is 1. The number of hydrogen-bond donors (Lipinski definition) is 0. The van der Waals surface area contributed by atoms with E-state index in [0.29, 0.717) is 29.3 Å². The van der Waals surface area contributed by atoms with E-state index in [2.05, 4.69) is 18.8 Å². The van der Waals surface area contributed by atoms with Gasteiger partial charge in [-0.3, -0.25) is 9.36 Å². The topological polar surface area (TPSA) is 74.8 Å². The molecule has 0 aliphatic rings. The molecule has 0 saturated carbocycles. The fraction of sp³-hybridized carbons (Fsp3) is 0.304. The van der Waals surface area contributed by atoms with Gasteiger partial charge in [0.2, 0.25) is 0 Å². The Labute approximate surface area is 175 Å². The standard InChI is InChI=1S/C23H25N5O2/c1-4-10-17-20-21(28(26-17)19-13-8-9-14-24-19)23(29)27(3)22(25-20)16-11-6-7-12-18(16)30-15-5-2/h6-9,11-14H,4-5,10,15H2,1-3H3. The van der Waals surface area contributed by atoms with Gasteiger partial charge in [0.25, 0.3) is 5.56 Å². The third-order valence-corrected chi connectivity index (χ3v) is 4.92. The fourth-order valence-electron chi connectivity index (χ4n) is 3.48. The molecule has 3 aromatic heterocycles. The molecule has 3 heterocycles. The highest BCUT2D eigenvalue weighted by molar-refractivity contribution is 5.81. The molecule has 0 aliphatic heterocycles. The second-order valence-electron chi connectivity index (χ2n) is 7.14. The Morgan fingerprint density at radius 3 is 2.57 bits per heavy atom. The summed E-state index contributed by atoms with van der Waals surface area (Å²) in [5.74, 6) is 1.88. The van der Waals surface area contributed by atoms with Gasteiger partial charge in [0, 0.05) is 13.2 Å². The minimum absolute atomic E-state index is 0.166. The predicted molar refractivity (Wildman–Crippen MR) is 117 cm³/mol. The van der Waals surface area contributed by atoms with Gasteiger partial charge >= 0.3 is 0 Å². The Hall–Kier alpha value is -3.48. The first-order valence-electron chi connectivity index (χ1n) is 10.3. The minimum Gasteiger partial charge on any atom is -0.493 e. The first kappa shape index (κ1) is 19.8. The van der Waals surface area contributed by atoms with Crippen LogP contribution in [0.15, 0.2) is 53.5 Å². The summed E-state index contributed by atoms with van der Waals surface area (Å²) in [5, 5.41) is 4.71. The highest BCUT2D eigenvalue weighted by Crippen LogP contribution is 2.29. The molecule has 0 aliphatic carbocycles. The van der Waals surface area contributed by atoms with Crippen molar-refractivity contribution in [3.8, 4) is 23.0 Å². The van der Waals surface area contributed by atoms with Gasteiger partial charge in [0.1, 0.15) is 17.1 Å². The number of ether oxygens (including phenoxy) is 1. The molecule has 154 valence electrons. The second kappa shape index (κ2) is 8.49. The van der Waals surface area contributed by atoms with Gasteiger partial charge in [0.05, 0.1) is 17.9 Å². The molecule has 1 aromatic carbocycles. The number of hydrogen-bond acceptors (Lipinski definition) is 5. The van der Waals surface area contributed by atoms with Gasteiger partial charge in [-0.15, -0.1) is 0 Å². The average Bonchev–Trinajstić information content (AvgIpc) is 3.14. The van der Waals surface area contributed by atoms with Crippen LogP contribution in [0.5, 0.6) is 5.75 Å². The molecule has 0 spiro atoms. The molecule has 0 bridgehead atoms. The van der Waals surface area contributed by atoms with Gasteiger partial charge in [-0.25, -0.2) is 14.6 Å². The van der Waals surface area contributed by atoms with Crippen molar-refractivity contribution >= 4 is 11.0 Å². The van der Waals surface area contributed by atoms with Crippen LogP contribution in [0.1, 0.15) is 32.4 Å². The van der Waals surface area contributed by atoms with Gasteiger partial charge in [-0.1, -0.05) is 38.5 Å². The van der Waals surface area contributed by atoms with Crippen molar-refractivity contribution in [3.05, 3.63) is 64.7 Å². The highest BCUT2D eigenvalue weighted by atomic mass is 16.5. The molecule has 30 heavy (non-hydrogen) atoms. The lowest BCUT2D eigenvalue weighted by atomic mass is 10.1. The van der Waals surface area contributed by atoms with Crippen molar-refractivity contribution in [2.24, 2.45) is 7.05 Å². The van der Waals surface area contributed by atoms with E-state index in [0.717, 1.165) is 36.3 Å². The zero-order valence-electron chi connectivity index (χ0n) is 17.5. The van der Waals surface area contributed by atoms with Crippen LogP contribution < -0.4 is 10.3 Å². The second-order valence-corrected chi connectivity index (χ2v) is 7.14. The lowest BCUT2D eigenvalue weighted by molar-refractivity contribution is 0.318. The van der Waals surface area contributed by atoms with Crippen molar-refractivity contribution in [2.45, 2.75) is 33.1 Å². The molecule has 0 radical (unpaired) electrons. The minimum atomic E-state index is -0.166. The smallest absolute Gasteiger partial charge is 0.280 e. The van der Waals surface area contributed by atoms with Crippen molar-refractivity contribution in [1.82, 2.24) is 24.3 Å². The Kier molecular flexibility index (Phi) is 5.61. The number of benzene rings is 1. The van der Waals surface area contributed by atoms with Crippen LogP contribution in [0.4, 0.5) is 0 Å². The number of aryl methyl sites for hydroxylation is 1. The lowest BCUT2D eigenvalue weighted by Gasteiger charge is -2.13. The lowest BCUT2D eigenvalue weighted by Crippen LogP contribution is -2.22. The third kappa shape index (κ3) is 3.47. The summed E-state index contributed by atoms with van der Waals surface area (Å²) in [6, 6.07) is 13.2. The van der Waals surface area contributed by atoms with Crippen molar-refractivity contribution in [1.29, 1.82) is 0 Å². The van der Waals surface area contributed by atoms with E-state index < -0.39 is 0 Å². The van der Waals surface area contributed by atoms with Gasteiger partial charge in [0.15, 0.2) is 11.3 Å². The van der Waals surface area contributed by atoms with Crippen molar-refractivity contribution < 1.29 is 4.74 Å². The fourth-order valence-corrected chi connectivity index (χ4v) is 3.48. The molecule has 4 aromatic rings. The number of para-hydroxylation sites is 1. The summed E-state index contributed by atoms with van der Waals surface area (Å²) < 4.78 is 9.09. The summed E-state index contributed by atoms with van der Waals surface area (Å²) in [6.07, 6.45) is 4.22. The number of aromatic nitrogens is 5. The molecule has 0 atom stereocenters. The highest BCUT2D eigenvalue weighted by Gasteiger charge is 2.21. The van der Waals surface area contributed by atoms with Crippen LogP contribution in [0.25, 0.3) is 28.2 Å². The van der Waals surface area contributed by atoms with Crippen LogP contribution in [0, 0.1) is 0 Å². The quantitative estimate of drug-likeness (QED) is 0.467. The molecule has 0 unspecified atom stereocenters. The number of fused-ring (bicyclic) bond motifs is 1. The van der Waals surface area contributed by atoms with Crippen LogP contribution in [0.3, 0.4) is 0 Å². The first-order chi connectivity index (χ1) is 14.7. The third-order valence-electron chi connectivity index (χ3n) is 4.92. The van der Waals surface area contributed by atoms with Crippen LogP contribution in [-0.4, -0.2) is 30.9 Å². The van der Waals surface area contributed by atoms with E-state index >= 15 is 0 Å². The number of rotatable bonds is 7. The zero-order valence-corrected chi connectivity index (χ0v) is 17.5. The van der Waals surface area contributed by atoms with Gasteiger partial charge in [-0.2, -0.15) is 5.10 Å². The average molecular weight is 403 g/mol.